The normalized spacial score (nSPS) is 11.0. The minimum absolute atomic E-state index is 0.0523. The molecule has 0 radical (unpaired) electrons. The van der Waals surface area contributed by atoms with Crippen molar-refractivity contribution in [1.82, 2.24) is 4.98 Å². The van der Waals surface area contributed by atoms with Gasteiger partial charge in [0.25, 0.3) is 10.0 Å². The number of sulfonamides is 1. The molecule has 3 aromatic rings. The maximum Gasteiger partial charge on any atom is 0.261 e. The van der Waals surface area contributed by atoms with Crippen LogP contribution >= 0.6 is 11.3 Å². The predicted molar refractivity (Wildman–Crippen MR) is 94.3 cm³/mol. The molecule has 0 spiro atoms. The van der Waals surface area contributed by atoms with E-state index < -0.39 is 10.0 Å². The second kappa shape index (κ2) is 6.43. The van der Waals surface area contributed by atoms with Gasteiger partial charge in [-0.1, -0.05) is 18.2 Å². The fourth-order valence-corrected chi connectivity index (χ4v) is 3.90. The number of rotatable bonds is 4. The molecule has 0 aliphatic carbocycles. The summed E-state index contributed by atoms with van der Waals surface area (Å²) in [6.45, 7) is 1.92. The summed E-state index contributed by atoms with van der Waals surface area (Å²) >= 11 is 1.54. The van der Waals surface area contributed by atoms with E-state index in [4.69, 9.17) is 5.26 Å². The van der Waals surface area contributed by atoms with Crippen molar-refractivity contribution in [2.75, 3.05) is 4.72 Å². The Balaban J connectivity index is 1.91. The van der Waals surface area contributed by atoms with E-state index in [0.29, 0.717) is 11.3 Å². The first-order valence-corrected chi connectivity index (χ1v) is 9.40. The summed E-state index contributed by atoms with van der Waals surface area (Å²) in [4.78, 5) is 4.46. The summed E-state index contributed by atoms with van der Waals surface area (Å²) in [5, 5.41) is 11.8. The van der Waals surface area contributed by atoms with Gasteiger partial charge in [-0.15, -0.1) is 11.3 Å². The predicted octanol–water partition coefficient (Wildman–Crippen LogP) is 3.79. The van der Waals surface area contributed by atoms with Crippen LogP contribution in [0.1, 0.15) is 10.6 Å². The highest BCUT2D eigenvalue weighted by Gasteiger charge is 2.15. The number of hydrogen-bond acceptors (Lipinski definition) is 5. The summed E-state index contributed by atoms with van der Waals surface area (Å²) in [7, 11) is -3.76. The largest absolute Gasteiger partial charge is 0.280 e. The number of aryl methyl sites for hydroxylation is 1. The molecule has 1 heterocycles. The molecule has 3 rings (SSSR count). The van der Waals surface area contributed by atoms with E-state index in [0.717, 1.165) is 16.3 Å². The number of hydrogen-bond donors (Lipinski definition) is 1. The molecule has 1 N–H and O–H groups in total. The summed E-state index contributed by atoms with van der Waals surface area (Å²) in [6, 6.07) is 14.9. The van der Waals surface area contributed by atoms with Crippen LogP contribution in [0.15, 0.2) is 58.8 Å². The van der Waals surface area contributed by atoms with E-state index in [1.54, 1.807) is 30.3 Å². The average molecular weight is 355 g/mol. The third-order valence-electron chi connectivity index (χ3n) is 3.30. The van der Waals surface area contributed by atoms with E-state index in [-0.39, 0.29) is 4.90 Å². The highest BCUT2D eigenvalue weighted by atomic mass is 32.2. The van der Waals surface area contributed by atoms with Crippen LogP contribution in [0.2, 0.25) is 0 Å². The van der Waals surface area contributed by atoms with Crippen molar-refractivity contribution in [2.24, 2.45) is 0 Å². The van der Waals surface area contributed by atoms with Crippen LogP contribution in [0.3, 0.4) is 0 Å². The van der Waals surface area contributed by atoms with Gasteiger partial charge in [0.05, 0.1) is 27.2 Å². The van der Waals surface area contributed by atoms with Gasteiger partial charge in [-0.2, -0.15) is 5.26 Å². The van der Waals surface area contributed by atoms with Gasteiger partial charge < -0.3 is 0 Å². The van der Waals surface area contributed by atoms with Gasteiger partial charge in [-0.25, -0.2) is 13.4 Å². The maximum absolute atomic E-state index is 12.5. The van der Waals surface area contributed by atoms with Gasteiger partial charge in [-0.3, -0.25) is 4.72 Å². The molecule has 24 heavy (non-hydrogen) atoms. The van der Waals surface area contributed by atoms with E-state index >= 15 is 0 Å². The molecule has 120 valence electrons. The van der Waals surface area contributed by atoms with Gasteiger partial charge in [0.2, 0.25) is 0 Å². The van der Waals surface area contributed by atoms with Crippen molar-refractivity contribution in [3.05, 3.63) is 64.5 Å². The Labute approximate surface area is 144 Å². The van der Waals surface area contributed by atoms with E-state index in [1.807, 2.05) is 24.4 Å². The second-order valence-corrected chi connectivity index (χ2v) is 7.82. The molecule has 5 nitrogen and oxygen atoms in total. The van der Waals surface area contributed by atoms with Gasteiger partial charge in [0, 0.05) is 16.6 Å². The Morgan fingerprint density at radius 1 is 1.17 bits per heavy atom. The van der Waals surface area contributed by atoms with E-state index in [1.165, 1.54) is 23.5 Å². The van der Waals surface area contributed by atoms with Crippen LogP contribution in [-0.4, -0.2) is 13.4 Å². The number of thiazole rings is 1. The molecule has 7 heteroatoms. The lowest BCUT2D eigenvalue weighted by atomic mass is 10.1. The first-order valence-electron chi connectivity index (χ1n) is 7.03. The molecular formula is C17H13N3O2S2. The lowest BCUT2D eigenvalue weighted by Crippen LogP contribution is -2.13. The zero-order chi connectivity index (χ0) is 17.2. The van der Waals surface area contributed by atoms with Crippen molar-refractivity contribution in [2.45, 2.75) is 11.8 Å². The van der Waals surface area contributed by atoms with Gasteiger partial charge in [-0.05, 0) is 37.3 Å². The summed E-state index contributed by atoms with van der Waals surface area (Å²) in [5.74, 6) is 0. The Bertz CT molecular complexity index is 1030. The number of anilines is 1. The van der Waals surface area contributed by atoms with Crippen LogP contribution in [0.5, 0.6) is 0 Å². The molecule has 2 aromatic carbocycles. The number of aromatic nitrogens is 1. The number of nitrogens with zero attached hydrogens (tertiary/aromatic N) is 2. The van der Waals surface area contributed by atoms with Crippen LogP contribution in [0, 0.1) is 18.3 Å². The zero-order valence-electron chi connectivity index (χ0n) is 12.7. The van der Waals surface area contributed by atoms with Crippen molar-refractivity contribution in [1.29, 1.82) is 5.26 Å². The lowest BCUT2D eigenvalue weighted by Gasteiger charge is -2.09. The number of nitriles is 1. The summed E-state index contributed by atoms with van der Waals surface area (Å²) < 4.78 is 27.5. The Morgan fingerprint density at radius 2 is 1.96 bits per heavy atom. The minimum Gasteiger partial charge on any atom is -0.280 e. The molecule has 0 saturated carbocycles. The van der Waals surface area contributed by atoms with E-state index in [2.05, 4.69) is 9.71 Å². The number of benzene rings is 2. The first-order chi connectivity index (χ1) is 11.5. The molecule has 0 unspecified atom stereocenters. The maximum atomic E-state index is 12.5. The topological polar surface area (TPSA) is 82.8 Å². The number of nitrogens with one attached hydrogen (secondary N) is 1. The highest BCUT2D eigenvalue weighted by molar-refractivity contribution is 7.92. The zero-order valence-corrected chi connectivity index (χ0v) is 14.4. The molecule has 0 bridgehead atoms. The first kappa shape index (κ1) is 16.2. The standard InChI is InChI=1S/C17H13N3O2S2/c1-12-19-17(11-23-12)14-5-3-6-15(9-14)20-24(21,22)16-7-2-4-13(8-16)10-18/h2-9,11,20H,1H3. The highest BCUT2D eigenvalue weighted by Crippen LogP contribution is 2.25. The minimum atomic E-state index is -3.76. The lowest BCUT2D eigenvalue weighted by molar-refractivity contribution is 0.601. The molecule has 0 aliphatic rings. The quantitative estimate of drug-likeness (QED) is 0.772. The van der Waals surface area contributed by atoms with Crippen LogP contribution < -0.4 is 4.72 Å². The SMILES string of the molecule is Cc1nc(-c2cccc(NS(=O)(=O)c3cccc(C#N)c3)c2)cs1. The molecule has 0 amide bonds. The van der Waals surface area contributed by atoms with Gasteiger partial charge in [0.15, 0.2) is 0 Å². The van der Waals surface area contributed by atoms with E-state index in [9.17, 15) is 8.42 Å². The summed E-state index contributed by atoms with van der Waals surface area (Å²) in [5.41, 5.74) is 2.39. The fourth-order valence-electron chi connectivity index (χ4n) is 2.18. The van der Waals surface area contributed by atoms with Crippen molar-refractivity contribution in [3.63, 3.8) is 0 Å². The molecule has 0 fully saturated rings. The molecular weight excluding hydrogens is 342 g/mol. The fraction of sp³-hybridized carbons (Fsp3) is 0.0588. The smallest absolute Gasteiger partial charge is 0.261 e. The van der Waals surface area contributed by atoms with Crippen LogP contribution in [-0.2, 0) is 10.0 Å². The van der Waals surface area contributed by atoms with Crippen LogP contribution in [0.25, 0.3) is 11.3 Å². The molecule has 0 aliphatic heterocycles. The Morgan fingerprint density at radius 3 is 2.67 bits per heavy atom. The molecule has 0 saturated heterocycles. The third-order valence-corrected chi connectivity index (χ3v) is 5.46. The van der Waals surface area contributed by atoms with Gasteiger partial charge >= 0.3 is 0 Å². The molecule has 1 aromatic heterocycles. The Hall–Kier alpha value is -2.69. The van der Waals surface area contributed by atoms with Crippen molar-refractivity contribution >= 4 is 27.0 Å². The average Bonchev–Trinajstić information content (AvgIpc) is 3.01. The monoisotopic (exact) mass is 355 g/mol. The summed E-state index contributed by atoms with van der Waals surface area (Å²) in [6.07, 6.45) is 0. The van der Waals surface area contributed by atoms with Crippen molar-refractivity contribution < 1.29 is 8.42 Å². The van der Waals surface area contributed by atoms with Crippen LogP contribution in [0.4, 0.5) is 5.69 Å². The van der Waals surface area contributed by atoms with Gasteiger partial charge in [0.1, 0.15) is 0 Å². The third kappa shape index (κ3) is 3.45. The molecule has 0 atom stereocenters. The van der Waals surface area contributed by atoms with Crippen molar-refractivity contribution in [3.8, 4) is 17.3 Å². The second-order valence-electron chi connectivity index (χ2n) is 5.08. The Kier molecular flexibility index (Phi) is 4.34.